The van der Waals surface area contributed by atoms with Crippen molar-refractivity contribution >= 4 is 27.3 Å². The highest BCUT2D eigenvalue weighted by Crippen LogP contribution is 2.51. The van der Waals surface area contributed by atoms with Gasteiger partial charge in [-0.2, -0.15) is 0 Å². The third-order valence-electron chi connectivity index (χ3n) is 6.37. The van der Waals surface area contributed by atoms with Gasteiger partial charge in [-0.1, -0.05) is 64.1 Å². The van der Waals surface area contributed by atoms with Gasteiger partial charge in [0.15, 0.2) is 0 Å². The summed E-state index contributed by atoms with van der Waals surface area (Å²) in [5.41, 5.74) is 3.28. The Labute approximate surface area is 147 Å². The van der Waals surface area contributed by atoms with Crippen molar-refractivity contribution in [2.75, 3.05) is 0 Å². The molecule has 3 heterocycles. The monoisotopic (exact) mass is 318 g/mol. The first-order valence-corrected chi connectivity index (χ1v) is 8.36. The first kappa shape index (κ1) is 10.5. The van der Waals surface area contributed by atoms with Gasteiger partial charge in [0, 0.05) is 37.6 Å². The molecule has 1 aliphatic rings. The van der Waals surface area contributed by atoms with E-state index in [1.807, 2.05) is 30.3 Å². The van der Waals surface area contributed by atoms with Crippen LogP contribution in [0.3, 0.4) is 0 Å². The lowest BCUT2D eigenvalue weighted by Gasteiger charge is -2.46. The molecule has 0 spiro atoms. The van der Waals surface area contributed by atoms with Crippen LogP contribution >= 0.6 is 0 Å². The molecule has 0 atom stereocenters. The average molecular weight is 318 g/mol. The molecule has 0 aliphatic carbocycles. The van der Waals surface area contributed by atoms with E-state index < -0.39 is 6.85 Å². The Hall–Kier alpha value is -2.35. The molecule has 2 heteroatoms. The standard InChI is InChI=1S/C22H22N2/c1-13-10-11-16-19-18(13)14-8-6-7-9-15(14)20-23-12-17(24(19)20)22(4,5)21(16,2)3/h6-12H,1-5H3/i1D3,12D. The minimum absolute atomic E-state index is 0.265. The molecule has 0 unspecified atom stereocenters. The van der Waals surface area contributed by atoms with E-state index in [0.29, 0.717) is 5.56 Å². The molecular formula is C22H22N2. The topological polar surface area (TPSA) is 17.3 Å². The summed E-state index contributed by atoms with van der Waals surface area (Å²) in [4.78, 5) is 4.64. The van der Waals surface area contributed by atoms with Gasteiger partial charge in [0.05, 0.1) is 6.89 Å². The van der Waals surface area contributed by atoms with Crippen LogP contribution < -0.4 is 0 Å². The summed E-state index contributed by atoms with van der Waals surface area (Å²) in [6.45, 7) is 6.42. The second-order valence-electron chi connectivity index (χ2n) is 7.91. The van der Waals surface area contributed by atoms with Crippen molar-refractivity contribution in [2.24, 2.45) is 0 Å². The Balaban J connectivity index is 2.23. The normalized spacial score (nSPS) is 21.0. The Morgan fingerprint density at radius 1 is 1.00 bits per heavy atom. The maximum absolute atomic E-state index is 8.64. The van der Waals surface area contributed by atoms with Gasteiger partial charge in [-0.15, -0.1) is 0 Å². The number of hydrogen-bond donors (Lipinski definition) is 0. The quantitative estimate of drug-likeness (QED) is 0.390. The zero-order valence-electron chi connectivity index (χ0n) is 18.4. The largest absolute Gasteiger partial charge is 0.295 e. The number of aryl methyl sites for hydroxylation is 1. The van der Waals surface area contributed by atoms with Crippen molar-refractivity contribution in [3.05, 3.63) is 59.4 Å². The van der Waals surface area contributed by atoms with Crippen molar-refractivity contribution in [1.29, 1.82) is 0 Å². The molecule has 0 bridgehead atoms. The number of benzene rings is 2. The third-order valence-corrected chi connectivity index (χ3v) is 6.37. The number of pyridine rings is 1. The lowest BCUT2D eigenvalue weighted by molar-refractivity contribution is 0.288. The number of nitrogens with zero attached hydrogens (tertiary/aromatic N) is 2. The lowest BCUT2D eigenvalue weighted by Crippen LogP contribution is -2.44. The Kier molecular flexibility index (Phi) is 1.75. The van der Waals surface area contributed by atoms with Gasteiger partial charge in [0.1, 0.15) is 5.65 Å². The van der Waals surface area contributed by atoms with Gasteiger partial charge in [0.25, 0.3) is 0 Å². The summed E-state index contributed by atoms with van der Waals surface area (Å²) < 4.78 is 35.1. The van der Waals surface area contributed by atoms with E-state index in [2.05, 4.69) is 37.1 Å². The first-order valence-electron chi connectivity index (χ1n) is 10.4. The number of aromatic nitrogens is 2. The molecule has 0 radical (unpaired) electrons. The lowest BCUT2D eigenvalue weighted by atomic mass is 9.60. The summed E-state index contributed by atoms with van der Waals surface area (Å²) in [6.07, 6.45) is 0.265. The van der Waals surface area contributed by atoms with Crippen LogP contribution in [0.2, 0.25) is 0 Å². The second kappa shape index (κ2) is 4.00. The zero-order valence-corrected chi connectivity index (χ0v) is 14.4. The van der Waals surface area contributed by atoms with E-state index in [4.69, 9.17) is 5.48 Å². The van der Waals surface area contributed by atoms with E-state index in [1.165, 1.54) is 0 Å². The van der Waals surface area contributed by atoms with Crippen molar-refractivity contribution in [3.63, 3.8) is 0 Å². The smallest absolute Gasteiger partial charge is 0.145 e. The number of imidazole rings is 1. The van der Waals surface area contributed by atoms with E-state index in [0.717, 1.165) is 38.6 Å². The van der Waals surface area contributed by atoms with Gasteiger partial charge >= 0.3 is 0 Å². The maximum Gasteiger partial charge on any atom is 0.145 e. The van der Waals surface area contributed by atoms with E-state index in [1.54, 1.807) is 6.07 Å². The molecule has 1 aliphatic heterocycles. The van der Waals surface area contributed by atoms with Crippen molar-refractivity contribution in [2.45, 2.75) is 45.4 Å². The molecule has 2 aromatic carbocycles. The van der Waals surface area contributed by atoms with Crippen LogP contribution in [0, 0.1) is 6.85 Å². The molecule has 5 rings (SSSR count). The predicted octanol–water partition coefficient (Wildman–Crippen LogP) is 5.52. The summed E-state index contributed by atoms with van der Waals surface area (Å²) in [5.74, 6) is 0. The fourth-order valence-electron chi connectivity index (χ4n) is 4.26. The molecule has 2 aromatic heterocycles. The van der Waals surface area contributed by atoms with Crippen LogP contribution in [-0.2, 0) is 10.8 Å². The highest BCUT2D eigenvalue weighted by atomic mass is 15.0. The van der Waals surface area contributed by atoms with Crippen molar-refractivity contribution in [1.82, 2.24) is 9.38 Å². The Morgan fingerprint density at radius 3 is 2.50 bits per heavy atom. The summed E-state index contributed by atoms with van der Waals surface area (Å²) in [6, 6.07) is 11.5. The van der Waals surface area contributed by atoms with Crippen LogP contribution in [-0.4, -0.2) is 9.38 Å². The molecule has 120 valence electrons. The number of fused-ring (bicyclic) bond motifs is 3. The van der Waals surface area contributed by atoms with Crippen molar-refractivity contribution < 1.29 is 5.48 Å². The molecule has 24 heavy (non-hydrogen) atoms. The molecule has 2 nitrogen and oxygen atoms in total. The summed E-state index contributed by atoms with van der Waals surface area (Å²) in [7, 11) is 0. The summed E-state index contributed by atoms with van der Waals surface area (Å²) >= 11 is 0. The van der Waals surface area contributed by atoms with Crippen LogP contribution in [0.15, 0.2) is 42.6 Å². The molecule has 4 aromatic rings. The van der Waals surface area contributed by atoms with E-state index >= 15 is 0 Å². The fraction of sp³-hybridized carbons (Fsp3) is 0.318. The zero-order chi connectivity index (χ0) is 20.2. The minimum atomic E-state index is -2.23. The highest BCUT2D eigenvalue weighted by Gasteiger charge is 2.46. The molecule has 0 N–H and O–H groups in total. The molecule has 0 saturated heterocycles. The molecular weight excluding hydrogens is 292 g/mol. The van der Waals surface area contributed by atoms with Crippen molar-refractivity contribution in [3.8, 4) is 0 Å². The third kappa shape index (κ3) is 1.33. The van der Waals surface area contributed by atoms with Gasteiger partial charge in [-0.25, -0.2) is 4.98 Å². The van der Waals surface area contributed by atoms with Gasteiger partial charge in [-0.05, 0) is 23.4 Å². The van der Waals surface area contributed by atoms with Gasteiger partial charge in [0.2, 0.25) is 0 Å². The van der Waals surface area contributed by atoms with E-state index in [9.17, 15) is 0 Å². The SMILES string of the molecule is [2H]c1nc2c3ccccc3c3c(C([2H])([2H])[2H])ccc4c3n2c1C(C)(C)C4(C)C. The molecule has 0 fully saturated rings. The van der Waals surface area contributed by atoms with Crippen LogP contribution in [0.4, 0.5) is 0 Å². The number of hydrogen-bond acceptors (Lipinski definition) is 1. The Bertz CT molecular complexity index is 1310. The second-order valence-corrected chi connectivity index (χ2v) is 7.91. The van der Waals surface area contributed by atoms with Crippen LogP contribution in [0.5, 0.6) is 0 Å². The average Bonchev–Trinajstić information content (AvgIpc) is 2.97. The maximum atomic E-state index is 8.64. The molecule has 0 amide bonds. The minimum Gasteiger partial charge on any atom is -0.295 e. The Morgan fingerprint density at radius 2 is 1.75 bits per heavy atom. The van der Waals surface area contributed by atoms with Gasteiger partial charge < -0.3 is 0 Å². The van der Waals surface area contributed by atoms with Crippen LogP contribution in [0.1, 0.15) is 50.0 Å². The number of rotatable bonds is 0. The van der Waals surface area contributed by atoms with Crippen LogP contribution in [0.25, 0.3) is 27.3 Å². The fourth-order valence-corrected chi connectivity index (χ4v) is 4.26. The highest BCUT2D eigenvalue weighted by molar-refractivity contribution is 6.14. The predicted molar refractivity (Wildman–Crippen MR) is 101 cm³/mol. The van der Waals surface area contributed by atoms with E-state index in [-0.39, 0.29) is 17.0 Å². The first-order chi connectivity index (χ1) is 13.0. The summed E-state index contributed by atoms with van der Waals surface area (Å²) in [5, 5.41) is 2.51. The molecule has 0 saturated carbocycles. The van der Waals surface area contributed by atoms with Gasteiger partial charge in [-0.3, -0.25) is 4.40 Å².